The van der Waals surface area contributed by atoms with E-state index in [9.17, 15) is 89.1 Å². The van der Waals surface area contributed by atoms with Crippen molar-refractivity contribution in [2.75, 3.05) is 237 Å². The number of unbranched alkanes of at least 4 members (excludes halogenated alkanes) is 1. The van der Waals surface area contributed by atoms with Gasteiger partial charge in [-0.1, -0.05) is 39.8 Å². The first-order valence-corrected chi connectivity index (χ1v) is 46.6. The smallest absolute Gasteiger partial charge is 0.415 e. The molecule has 2 aliphatic rings. The third kappa shape index (κ3) is 40.9. The minimum absolute atomic E-state index is 0.00627. The van der Waals surface area contributed by atoms with Crippen LogP contribution in [-0.4, -0.2) is 427 Å². The number of ether oxygens (including phenoxy) is 15. The maximum Gasteiger partial charge on any atom is 0.415 e. The van der Waals surface area contributed by atoms with Crippen LogP contribution in [0.2, 0.25) is 0 Å². The van der Waals surface area contributed by atoms with Crippen molar-refractivity contribution in [3.05, 3.63) is 86.7 Å². The first-order chi connectivity index (χ1) is 66.3. The Kier molecular flexibility index (Phi) is 55.5. The summed E-state index contributed by atoms with van der Waals surface area (Å²) in [5.74, 6) is -3.06. The van der Waals surface area contributed by atoms with E-state index in [1.54, 1.807) is 73.9 Å². The van der Waals surface area contributed by atoms with Crippen molar-refractivity contribution in [3.8, 4) is 17.1 Å². The number of benzene rings is 2. The molecule has 0 saturated heterocycles. The minimum Gasteiger partial charge on any atom is -0.458 e. The van der Waals surface area contributed by atoms with Gasteiger partial charge in [-0.2, -0.15) is 0 Å². The Labute approximate surface area is 801 Å². The van der Waals surface area contributed by atoms with Gasteiger partial charge in [-0.25, -0.2) is 24.2 Å². The molecule has 0 radical (unpaired) electrons. The number of carbonyl (C=O) groups is 8. The zero-order chi connectivity index (χ0) is 101. The zero-order valence-electron chi connectivity index (χ0n) is 79.8. The molecule has 4 aromatic rings. The van der Waals surface area contributed by atoms with Gasteiger partial charge in [-0.15, -0.1) is 0 Å². The van der Waals surface area contributed by atoms with Crippen LogP contribution in [-0.2, 0) is 122 Å². The van der Waals surface area contributed by atoms with E-state index in [-0.39, 0.29) is 146 Å². The van der Waals surface area contributed by atoms with Crippen LogP contribution < -0.4 is 48.3 Å². The number of aliphatic hydroxyl groups is 11. The average Bonchev–Trinajstić information content (AvgIpc) is 1.70. The molecule has 20 N–H and O–H groups in total. The quantitative estimate of drug-likeness (QED) is 0.0134. The maximum absolute atomic E-state index is 13.9. The molecular formula is C91H146N12O35. The first-order valence-electron chi connectivity index (χ1n) is 46.6. The molecule has 47 nitrogen and oxygen atoms in total. The number of amides is 8. The van der Waals surface area contributed by atoms with Crippen LogP contribution in [0.5, 0.6) is 5.75 Å². The number of primary amides is 1. The van der Waals surface area contributed by atoms with E-state index in [4.69, 9.17) is 97.7 Å². The highest BCUT2D eigenvalue weighted by atomic mass is 16.6. The Morgan fingerprint density at radius 2 is 1.03 bits per heavy atom. The van der Waals surface area contributed by atoms with E-state index >= 15 is 0 Å². The molecule has 0 spiro atoms. The van der Waals surface area contributed by atoms with Crippen LogP contribution >= 0.6 is 0 Å². The van der Waals surface area contributed by atoms with Gasteiger partial charge in [-0.3, -0.25) is 28.9 Å². The molecule has 8 amide bonds. The van der Waals surface area contributed by atoms with Crippen LogP contribution in [0.3, 0.4) is 0 Å². The molecule has 0 bridgehead atoms. The largest absolute Gasteiger partial charge is 0.458 e. The first kappa shape index (κ1) is 118. The molecule has 780 valence electrons. The number of carbonyl (C=O) groups excluding carboxylic acids is 8. The standard InChI is InChI=1S/C91H146N12O35/c1-7-63-64-50-62(18-19-69(64)97-78-65(63)52-103-71(78)51-67-66(86(103)118)58-136-87(119)91(67,123)8-2)138-90(122)101(6)24-23-100(5)89(121)137-57-60-14-16-61(17-15-60)96-84(116)70(13-11-22-95-88(93)120)98-85(117)77(59(3)4)99-83(115)68(92)12-9-10-21-94-76(110)20-26-124-28-30-126-32-34-128-36-38-130-40-42-132-44-46-134-48-49-135-47-45-133-43-41-131-39-37-129-35-33-127-31-29-125-27-25-102(53-72(106)79(111)81(113)74(108)55-104)54-73(107)80(112)82(114)75(109)56-105/h14-19,50-51,59,68,70,72-75,77,79-82,104-109,111-114,123H,7-13,20-49,52-58,92H2,1-6H3,(H,94,110)(H,96,116)(H,98,117)(H,99,115)(H3,93,95,120)/t68-,70-,72-,73-,74+,75+,77-,79+,80+,81+,82+,91-/m0/s1. The number of fused-ring (bicyclic) bond motifs is 5. The molecule has 0 saturated carbocycles. The third-order valence-electron chi connectivity index (χ3n) is 22.4. The highest BCUT2D eigenvalue weighted by molar-refractivity contribution is 5.99. The van der Waals surface area contributed by atoms with Gasteiger partial charge in [0.05, 0.1) is 219 Å². The number of esters is 1. The van der Waals surface area contributed by atoms with Gasteiger partial charge in [-0.05, 0) is 98.4 Å². The minimum atomic E-state index is -1.97. The van der Waals surface area contributed by atoms with E-state index in [0.717, 1.165) is 11.1 Å². The second-order valence-corrected chi connectivity index (χ2v) is 33.1. The second-order valence-electron chi connectivity index (χ2n) is 33.1. The number of aromatic nitrogens is 2. The van der Waals surface area contributed by atoms with Gasteiger partial charge < -0.3 is 180 Å². The summed E-state index contributed by atoms with van der Waals surface area (Å²) >= 11 is 0. The monoisotopic (exact) mass is 1970 g/mol. The molecule has 2 aromatic carbocycles. The number of nitrogens with two attached hydrogens (primary N) is 2. The summed E-state index contributed by atoms with van der Waals surface area (Å²) in [5.41, 5.74) is 13.8. The lowest BCUT2D eigenvalue weighted by Crippen LogP contribution is -2.56. The number of nitrogens with one attached hydrogen (secondary N) is 5. The van der Waals surface area contributed by atoms with Crippen molar-refractivity contribution in [3.63, 3.8) is 0 Å². The number of likely N-dealkylation sites (N-methyl/N-ethyl adjacent to an activating group) is 2. The molecule has 4 heterocycles. The van der Waals surface area contributed by atoms with Crippen molar-refractivity contribution < 1.29 is 166 Å². The zero-order valence-corrected chi connectivity index (χ0v) is 79.8. The van der Waals surface area contributed by atoms with Crippen molar-refractivity contribution >= 4 is 64.4 Å². The van der Waals surface area contributed by atoms with Gasteiger partial charge in [0.25, 0.3) is 5.56 Å². The Morgan fingerprint density at radius 3 is 1.51 bits per heavy atom. The van der Waals surface area contributed by atoms with Crippen LogP contribution in [0.25, 0.3) is 22.3 Å². The molecule has 2 aliphatic heterocycles. The third-order valence-corrected chi connectivity index (χ3v) is 22.4. The van der Waals surface area contributed by atoms with Crippen LogP contribution in [0.4, 0.5) is 20.1 Å². The van der Waals surface area contributed by atoms with E-state index in [2.05, 4.69) is 26.6 Å². The molecule has 0 unspecified atom stereocenters. The number of nitrogens with zero attached hydrogens (tertiary/aromatic N) is 5. The van der Waals surface area contributed by atoms with Gasteiger partial charge in [0.15, 0.2) is 5.60 Å². The molecular weight excluding hydrogens is 1820 g/mol. The fourth-order valence-corrected chi connectivity index (χ4v) is 14.2. The van der Waals surface area contributed by atoms with Crippen molar-refractivity contribution in [1.82, 2.24) is 45.5 Å². The summed E-state index contributed by atoms with van der Waals surface area (Å²) in [7, 11) is 3.03. The second kappa shape index (κ2) is 65.1. The lowest BCUT2D eigenvalue weighted by atomic mass is 9.86. The van der Waals surface area contributed by atoms with Crippen LogP contribution in [0, 0.1) is 5.92 Å². The molecule has 2 aromatic heterocycles. The SMILES string of the molecule is CCc1c2c(nc3ccc(OC(=O)N(C)CCN(C)C(=O)OCc4ccc(NC(=O)[C@H](CCCNC(N)=O)NC(=O)[C@@H](NC(=O)[C@@H](N)CCCCNC(=O)CCOCCOCCOCCOCCOCCOCCOCCOCCOCCOCCOCCOCCN(C[C@H](O)[C@@H](O)[C@H](O)[C@H](O)CO)C[C@H](O)[C@@H](O)[C@H](O)[C@H](O)CO)C(C)C)cc4)cc13)-c1cc3c(c(=O)n1C2)COC(=O)[C@]3(O)CC. The van der Waals surface area contributed by atoms with Crippen LogP contribution in [0.1, 0.15) is 100 Å². The van der Waals surface area contributed by atoms with Crippen molar-refractivity contribution in [2.24, 2.45) is 17.4 Å². The molecule has 0 fully saturated rings. The number of anilines is 1. The summed E-state index contributed by atoms with van der Waals surface area (Å²) < 4.78 is 84.4. The highest BCUT2D eigenvalue weighted by Crippen LogP contribution is 2.41. The number of cyclic esters (lactones) is 1. The van der Waals surface area contributed by atoms with E-state index in [1.165, 1.54) is 28.8 Å². The summed E-state index contributed by atoms with van der Waals surface area (Å²) in [6, 6.07) is 9.11. The number of pyridine rings is 2. The predicted molar refractivity (Wildman–Crippen MR) is 494 cm³/mol. The topological polar surface area (TPSA) is 654 Å². The van der Waals surface area contributed by atoms with Crippen LogP contribution in [0.15, 0.2) is 53.3 Å². The summed E-state index contributed by atoms with van der Waals surface area (Å²) in [6.45, 7) is 12.5. The molecule has 47 heteroatoms. The number of aliphatic hydroxyl groups excluding tert-OH is 10. The summed E-state index contributed by atoms with van der Waals surface area (Å²) in [6.07, 6.45) is -13.6. The Bertz CT molecular complexity index is 4310. The van der Waals surface area contributed by atoms with E-state index in [1.807, 2.05) is 6.92 Å². The summed E-state index contributed by atoms with van der Waals surface area (Å²) in [5, 5.41) is 124. The Hall–Kier alpha value is -9.04. The lowest BCUT2D eigenvalue weighted by Gasteiger charge is -2.33. The Morgan fingerprint density at radius 1 is 0.551 bits per heavy atom. The van der Waals surface area contributed by atoms with Gasteiger partial charge >= 0.3 is 24.2 Å². The lowest BCUT2D eigenvalue weighted by molar-refractivity contribution is -0.172. The van der Waals surface area contributed by atoms with Crippen molar-refractivity contribution in [1.29, 1.82) is 0 Å². The summed E-state index contributed by atoms with van der Waals surface area (Å²) in [4.78, 5) is 127. The number of urea groups is 1. The van der Waals surface area contributed by atoms with Gasteiger partial charge in [0.1, 0.15) is 67.7 Å². The maximum atomic E-state index is 13.9. The Balaban J connectivity index is 0.706. The average molecular weight is 1970 g/mol. The fourth-order valence-electron chi connectivity index (χ4n) is 14.2. The molecule has 12 atom stereocenters. The predicted octanol–water partition coefficient (Wildman–Crippen LogP) is -3.27. The van der Waals surface area contributed by atoms with Gasteiger partial charge in [0, 0.05) is 88.5 Å². The van der Waals surface area contributed by atoms with Gasteiger partial charge in [0.2, 0.25) is 23.6 Å². The fraction of sp³-hybridized carbons (Fsp3) is 0.692. The molecule has 138 heavy (non-hydrogen) atoms. The van der Waals surface area contributed by atoms with E-state index < -0.39 is 147 Å². The molecule has 0 aliphatic carbocycles. The highest BCUT2D eigenvalue weighted by Gasteiger charge is 2.46. The number of hydrogen-bond acceptors (Lipinski definition) is 38. The molecule has 6 rings (SSSR count). The number of hydrogen-bond donors (Lipinski definition) is 18. The number of aryl methyl sites for hydroxylation is 1. The normalized spacial score (nSPS) is 15.8. The number of rotatable bonds is 75. The van der Waals surface area contributed by atoms with Crippen molar-refractivity contribution in [2.45, 2.75) is 171 Å². The van der Waals surface area contributed by atoms with E-state index in [0.29, 0.717) is 178 Å².